The van der Waals surface area contributed by atoms with Crippen molar-refractivity contribution in [3.8, 4) is 11.8 Å². The Morgan fingerprint density at radius 3 is 2.46 bits per heavy atom. The number of nitrogens with zero attached hydrogens (tertiary/aromatic N) is 2. The van der Waals surface area contributed by atoms with Crippen molar-refractivity contribution in [2.75, 3.05) is 13.7 Å². The van der Waals surface area contributed by atoms with Gasteiger partial charge in [0.1, 0.15) is 23.7 Å². The number of pyridine rings is 1. The van der Waals surface area contributed by atoms with Gasteiger partial charge in [-0.1, -0.05) is 44.2 Å². The zero-order valence-electron chi connectivity index (χ0n) is 32.5. The number of ether oxygens (including phenoxy) is 3. The van der Waals surface area contributed by atoms with Crippen molar-refractivity contribution in [1.29, 1.82) is 0 Å². The van der Waals surface area contributed by atoms with E-state index in [0.29, 0.717) is 44.4 Å². The van der Waals surface area contributed by atoms with E-state index in [2.05, 4.69) is 20.3 Å². The third-order valence-electron chi connectivity index (χ3n) is 11.5. The average Bonchev–Trinajstić information content (AvgIpc) is 4.04. The molecule has 17 heteroatoms. The summed E-state index contributed by atoms with van der Waals surface area (Å²) in [6.07, 6.45) is 4.28. The number of alkyl halides is 2. The molecule has 3 fully saturated rings. The molecule has 306 valence electrons. The molecule has 4 aliphatic rings. The molecule has 0 spiro atoms. The third-order valence-corrected chi connectivity index (χ3v) is 13.3. The Morgan fingerprint density at radius 2 is 1.79 bits per heavy atom. The second-order valence-electron chi connectivity index (χ2n) is 16.4. The summed E-state index contributed by atoms with van der Waals surface area (Å²) in [5, 5.41) is 6.10. The number of benzene rings is 1. The van der Waals surface area contributed by atoms with Gasteiger partial charge in [0.25, 0.3) is 11.8 Å². The van der Waals surface area contributed by atoms with Crippen molar-refractivity contribution >= 4 is 44.6 Å². The molecule has 2 aliphatic carbocycles. The highest BCUT2D eigenvalue weighted by molar-refractivity contribution is 7.91. The van der Waals surface area contributed by atoms with Crippen molar-refractivity contribution in [2.24, 2.45) is 17.8 Å². The van der Waals surface area contributed by atoms with E-state index in [4.69, 9.17) is 14.2 Å². The smallest absolute Gasteiger partial charge is 0.408 e. The number of carbonyl (C=O) groups excluding carboxylic acids is 4. The summed E-state index contributed by atoms with van der Waals surface area (Å²) in [6, 6.07) is 6.46. The van der Waals surface area contributed by atoms with Crippen LogP contribution in [-0.4, -0.2) is 96.3 Å². The number of hydrogen-bond donors (Lipinski definition) is 3. The lowest BCUT2D eigenvalue weighted by Gasteiger charge is -2.35. The number of alkyl carbamates (subject to hydrolysis) is 1. The highest BCUT2D eigenvalue weighted by Gasteiger charge is 2.62. The van der Waals surface area contributed by atoms with Crippen LogP contribution in [0.5, 0.6) is 11.8 Å². The van der Waals surface area contributed by atoms with Crippen molar-refractivity contribution in [3.05, 3.63) is 42.5 Å². The zero-order chi connectivity index (χ0) is 40.8. The number of allylic oxidation sites excluding steroid dienone is 1. The lowest BCUT2D eigenvalue weighted by Crippen LogP contribution is -2.59. The van der Waals surface area contributed by atoms with Crippen LogP contribution in [0.1, 0.15) is 79.6 Å². The van der Waals surface area contributed by atoms with Crippen LogP contribution >= 0.6 is 0 Å². The monoisotopic (exact) mass is 803 g/mol. The Bertz CT molecular complexity index is 2000. The molecule has 14 nitrogen and oxygen atoms in total. The summed E-state index contributed by atoms with van der Waals surface area (Å²) in [7, 11) is -2.49. The second-order valence-corrected chi connectivity index (χ2v) is 18.3. The van der Waals surface area contributed by atoms with E-state index in [1.807, 2.05) is 31.2 Å². The van der Waals surface area contributed by atoms with Gasteiger partial charge in [0, 0.05) is 30.7 Å². The van der Waals surface area contributed by atoms with Crippen LogP contribution in [0.15, 0.2) is 42.5 Å². The molecule has 4 amide bonds. The van der Waals surface area contributed by atoms with E-state index in [9.17, 15) is 36.4 Å². The van der Waals surface area contributed by atoms with Crippen LogP contribution in [0.3, 0.4) is 0 Å². The predicted octanol–water partition coefficient (Wildman–Crippen LogP) is 4.62. The summed E-state index contributed by atoms with van der Waals surface area (Å²) in [4.78, 5) is 62.0. The molecule has 1 aromatic heterocycles. The van der Waals surface area contributed by atoms with E-state index in [1.165, 1.54) is 12.0 Å². The molecule has 2 aromatic rings. The molecule has 2 aliphatic heterocycles. The summed E-state index contributed by atoms with van der Waals surface area (Å²) >= 11 is 0. The van der Waals surface area contributed by atoms with Gasteiger partial charge in [0.2, 0.25) is 33.6 Å². The second kappa shape index (κ2) is 15.4. The Hall–Kier alpha value is -4.54. The van der Waals surface area contributed by atoms with Gasteiger partial charge in [-0.25, -0.2) is 22.0 Å². The number of aromatic nitrogens is 1. The largest absolute Gasteiger partial charge is 0.481 e. The zero-order valence-corrected chi connectivity index (χ0v) is 33.3. The minimum Gasteiger partial charge on any atom is -0.481 e. The minimum atomic E-state index is -3.95. The van der Waals surface area contributed by atoms with Gasteiger partial charge in [-0.3, -0.25) is 19.1 Å². The van der Waals surface area contributed by atoms with E-state index in [0.717, 1.165) is 19.2 Å². The first-order chi connectivity index (χ1) is 26.2. The molecule has 56 heavy (non-hydrogen) atoms. The van der Waals surface area contributed by atoms with Gasteiger partial charge in [-0.15, -0.1) is 0 Å². The lowest BCUT2D eigenvalue weighted by molar-refractivity contribution is -0.152. The van der Waals surface area contributed by atoms with Gasteiger partial charge < -0.3 is 29.7 Å². The first-order valence-corrected chi connectivity index (χ1v) is 20.6. The first kappa shape index (κ1) is 41.1. The molecule has 1 saturated heterocycles. The highest BCUT2D eigenvalue weighted by atomic mass is 32.2. The predicted molar refractivity (Wildman–Crippen MR) is 201 cm³/mol. The standard InChI is InChI=1S/C39H51F2N5O9S/c1-22-11-7-9-13-25-20-39(25,35(49)45-56(51,52)27-15-16-27)44-32(47)29-19-26(54-33-28-14-10-8-12-24(28)18-30(42-33)53-6)21-46(29)34(48)31(23(2)17-22)43-36(50)55-37(3,4)38(5,40)41/h8-10,12-14,18,22-23,25-27,29,31H,7,11,15-17,19-21H2,1-6H3,(H,43,50)(H,44,47)(H,45,49)/b13-9-/t22-,23+,25?,26+,29-,31-,39+/m0/s1. The highest BCUT2D eigenvalue weighted by Crippen LogP contribution is 2.46. The van der Waals surface area contributed by atoms with Gasteiger partial charge in [0.05, 0.1) is 18.9 Å². The fourth-order valence-electron chi connectivity index (χ4n) is 7.47. The quantitative estimate of drug-likeness (QED) is 0.303. The van der Waals surface area contributed by atoms with Crippen LogP contribution in [0, 0.1) is 17.8 Å². The molecular formula is C39H51F2N5O9S. The average molecular weight is 804 g/mol. The van der Waals surface area contributed by atoms with Gasteiger partial charge in [-0.2, -0.15) is 4.98 Å². The molecule has 1 aromatic carbocycles. The Labute approximate surface area is 325 Å². The van der Waals surface area contributed by atoms with Crippen molar-refractivity contribution in [3.63, 3.8) is 0 Å². The SMILES string of the molecule is COc1cc2ccccc2c(O[C@@H]2C[C@H]3C(=O)N[C@]4(C(=O)NS(=O)(=O)C5CC5)CC4/C=C\CC[C@H](C)C[C@@H](C)[C@H](NC(=O)OC(C)(C)C(C)(F)F)C(=O)N3C2)n1. The number of sulfonamides is 1. The number of rotatable bonds is 9. The Balaban J connectivity index is 1.36. The molecule has 2 saturated carbocycles. The van der Waals surface area contributed by atoms with E-state index in [1.54, 1.807) is 25.1 Å². The molecule has 6 rings (SSSR count). The molecule has 1 unspecified atom stereocenters. The molecule has 0 bridgehead atoms. The molecule has 7 atom stereocenters. The van der Waals surface area contributed by atoms with E-state index < -0.39 is 86.2 Å². The number of nitrogens with one attached hydrogen (secondary N) is 3. The van der Waals surface area contributed by atoms with Crippen LogP contribution in [0.25, 0.3) is 10.8 Å². The number of amides is 4. The van der Waals surface area contributed by atoms with Crippen LogP contribution in [0.4, 0.5) is 13.6 Å². The fourth-order valence-corrected chi connectivity index (χ4v) is 8.83. The van der Waals surface area contributed by atoms with Crippen molar-refractivity contribution in [2.45, 2.75) is 120 Å². The van der Waals surface area contributed by atoms with E-state index in [-0.39, 0.29) is 37.1 Å². The number of halogens is 2. The molecule has 0 radical (unpaired) electrons. The summed E-state index contributed by atoms with van der Waals surface area (Å²) in [6.45, 7) is 6.34. The summed E-state index contributed by atoms with van der Waals surface area (Å²) < 4.78 is 73.6. The van der Waals surface area contributed by atoms with Crippen LogP contribution < -0.4 is 24.8 Å². The van der Waals surface area contributed by atoms with E-state index >= 15 is 0 Å². The number of hydrogen-bond acceptors (Lipinski definition) is 10. The van der Waals surface area contributed by atoms with Crippen molar-refractivity contribution < 1.29 is 50.6 Å². The fraction of sp³-hybridized carbons (Fsp3) is 0.615. The molecular weight excluding hydrogens is 753 g/mol. The third kappa shape index (κ3) is 8.71. The number of fused-ring (bicyclic) bond motifs is 3. The topological polar surface area (TPSA) is 182 Å². The Kier molecular flexibility index (Phi) is 11.3. The maximum atomic E-state index is 14.8. The summed E-state index contributed by atoms with van der Waals surface area (Å²) in [5.74, 6) is -6.24. The minimum absolute atomic E-state index is 0.0258. The number of carbonyl (C=O) groups is 4. The van der Waals surface area contributed by atoms with Crippen LogP contribution in [-0.2, 0) is 29.1 Å². The summed E-state index contributed by atoms with van der Waals surface area (Å²) in [5.41, 5.74) is -3.81. The van der Waals surface area contributed by atoms with Gasteiger partial charge in [0.15, 0.2) is 5.60 Å². The maximum absolute atomic E-state index is 14.8. The lowest BCUT2D eigenvalue weighted by atomic mass is 9.88. The van der Waals surface area contributed by atoms with Gasteiger partial charge in [-0.05, 0) is 75.7 Å². The molecule has 3 heterocycles. The first-order valence-electron chi connectivity index (χ1n) is 19.1. The number of methoxy groups -OCH3 is 1. The van der Waals surface area contributed by atoms with Gasteiger partial charge >= 0.3 is 6.09 Å². The molecule has 3 N–H and O–H groups in total. The Morgan fingerprint density at radius 1 is 1.07 bits per heavy atom. The normalized spacial score (nSPS) is 29.5. The maximum Gasteiger partial charge on any atom is 0.408 e. The van der Waals surface area contributed by atoms with Crippen molar-refractivity contribution in [1.82, 2.24) is 25.2 Å². The van der Waals surface area contributed by atoms with Crippen LogP contribution in [0.2, 0.25) is 0 Å².